The zero-order valence-electron chi connectivity index (χ0n) is 15.0. The highest BCUT2D eigenvalue weighted by Gasteiger charge is 2.11. The third-order valence-electron chi connectivity index (χ3n) is 3.73. The molecule has 0 spiro atoms. The first-order valence-corrected chi connectivity index (χ1v) is 9.28. The van der Waals surface area contributed by atoms with Gasteiger partial charge in [0.05, 0.1) is 4.88 Å². The minimum absolute atomic E-state index is 0.222. The number of thiophene rings is 1. The van der Waals surface area contributed by atoms with Crippen molar-refractivity contribution in [2.75, 3.05) is 23.0 Å². The van der Waals surface area contributed by atoms with E-state index in [4.69, 9.17) is 0 Å². The molecule has 3 aromatic rings. The first kappa shape index (κ1) is 19.1. The first-order valence-electron chi connectivity index (χ1n) is 8.40. The summed E-state index contributed by atoms with van der Waals surface area (Å²) in [5.74, 6) is -0.551. The van der Waals surface area contributed by atoms with Gasteiger partial charge in [-0.25, -0.2) is 4.79 Å². The number of rotatable bonds is 5. The van der Waals surface area contributed by atoms with E-state index in [1.54, 1.807) is 60.7 Å². The third-order valence-corrected chi connectivity index (χ3v) is 4.60. The molecule has 142 valence electrons. The molecule has 0 saturated heterocycles. The average Bonchev–Trinajstić information content (AvgIpc) is 3.23. The topological polar surface area (TPSA) is 99.3 Å². The average molecular weight is 394 g/mol. The lowest BCUT2D eigenvalue weighted by Crippen LogP contribution is -2.24. The van der Waals surface area contributed by atoms with E-state index in [1.165, 1.54) is 18.4 Å². The van der Waals surface area contributed by atoms with Crippen LogP contribution in [0.3, 0.4) is 0 Å². The molecule has 2 aromatic carbocycles. The Morgan fingerprint density at radius 1 is 0.750 bits per heavy atom. The normalized spacial score (nSPS) is 10.0. The Labute approximate surface area is 165 Å². The Kier molecular flexibility index (Phi) is 6.03. The molecule has 0 atom stereocenters. The van der Waals surface area contributed by atoms with Gasteiger partial charge in [-0.05, 0) is 47.8 Å². The zero-order chi connectivity index (χ0) is 19.9. The third kappa shape index (κ3) is 4.95. The maximum atomic E-state index is 12.5. The van der Waals surface area contributed by atoms with Gasteiger partial charge in [0.1, 0.15) is 0 Å². The van der Waals surface area contributed by atoms with Crippen molar-refractivity contribution in [2.24, 2.45) is 0 Å². The highest BCUT2D eigenvalue weighted by Crippen LogP contribution is 2.18. The van der Waals surface area contributed by atoms with E-state index >= 15 is 0 Å². The Bertz CT molecular complexity index is 1000. The van der Waals surface area contributed by atoms with Gasteiger partial charge in [-0.2, -0.15) is 0 Å². The number of benzene rings is 2. The van der Waals surface area contributed by atoms with Crippen molar-refractivity contribution in [3.63, 3.8) is 0 Å². The summed E-state index contributed by atoms with van der Waals surface area (Å²) in [5.41, 5.74) is 2.01. The minimum Gasteiger partial charge on any atom is -0.341 e. The van der Waals surface area contributed by atoms with Crippen LogP contribution in [-0.2, 0) is 0 Å². The number of urea groups is 1. The number of amides is 4. The number of carbonyl (C=O) groups is 3. The smallest absolute Gasteiger partial charge is 0.318 e. The van der Waals surface area contributed by atoms with Crippen molar-refractivity contribution in [1.82, 2.24) is 5.32 Å². The molecule has 0 bridgehead atoms. The number of carbonyl (C=O) groups excluding carboxylic acids is 3. The zero-order valence-corrected chi connectivity index (χ0v) is 15.8. The van der Waals surface area contributed by atoms with Crippen LogP contribution >= 0.6 is 11.3 Å². The SMILES string of the molecule is CNC(=O)Nc1cccc(NC(=O)c2cccc(NC(=O)c3cccs3)c2)c1. The van der Waals surface area contributed by atoms with Crippen LogP contribution in [0.25, 0.3) is 0 Å². The van der Waals surface area contributed by atoms with E-state index in [9.17, 15) is 14.4 Å². The molecule has 1 heterocycles. The Morgan fingerprint density at radius 2 is 1.39 bits per heavy atom. The first-order chi connectivity index (χ1) is 13.5. The van der Waals surface area contributed by atoms with E-state index < -0.39 is 0 Å². The second-order valence-electron chi connectivity index (χ2n) is 5.75. The molecular weight excluding hydrogens is 376 g/mol. The summed E-state index contributed by atoms with van der Waals surface area (Å²) in [6.07, 6.45) is 0. The number of hydrogen-bond acceptors (Lipinski definition) is 4. The second kappa shape index (κ2) is 8.83. The molecule has 0 aliphatic rings. The lowest BCUT2D eigenvalue weighted by atomic mass is 10.1. The molecule has 8 heteroatoms. The summed E-state index contributed by atoms with van der Waals surface area (Å²) in [6.45, 7) is 0. The molecule has 0 aliphatic carbocycles. The molecule has 0 aliphatic heterocycles. The predicted molar refractivity (Wildman–Crippen MR) is 111 cm³/mol. The van der Waals surface area contributed by atoms with Crippen molar-refractivity contribution >= 4 is 46.2 Å². The van der Waals surface area contributed by atoms with E-state index in [1.807, 2.05) is 5.38 Å². The summed E-state index contributed by atoms with van der Waals surface area (Å²) < 4.78 is 0. The molecule has 1 aromatic heterocycles. The molecule has 4 amide bonds. The van der Waals surface area contributed by atoms with E-state index in [0.29, 0.717) is 27.5 Å². The van der Waals surface area contributed by atoms with Crippen molar-refractivity contribution < 1.29 is 14.4 Å². The highest BCUT2D eigenvalue weighted by molar-refractivity contribution is 7.12. The second-order valence-corrected chi connectivity index (χ2v) is 6.70. The van der Waals surface area contributed by atoms with Crippen LogP contribution in [0.5, 0.6) is 0 Å². The maximum Gasteiger partial charge on any atom is 0.318 e. The van der Waals surface area contributed by atoms with E-state index in [-0.39, 0.29) is 17.8 Å². The van der Waals surface area contributed by atoms with Gasteiger partial charge in [0.2, 0.25) is 0 Å². The summed E-state index contributed by atoms with van der Waals surface area (Å²) in [7, 11) is 1.52. The lowest BCUT2D eigenvalue weighted by Gasteiger charge is -2.10. The number of hydrogen-bond donors (Lipinski definition) is 4. The van der Waals surface area contributed by atoms with Crippen LogP contribution in [0.4, 0.5) is 21.9 Å². The van der Waals surface area contributed by atoms with Crippen LogP contribution in [0, 0.1) is 0 Å². The van der Waals surface area contributed by atoms with Crippen LogP contribution < -0.4 is 21.3 Å². The van der Waals surface area contributed by atoms with Crippen molar-refractivity contribution in [1.29, 1.82) is 0 Å². The van der Waals surface area contributed by atoms with Crippen LogP contribution in [-0.4, -0.2) is 24.9 Å². The fourth-order valence-corrected chi connectivity index (χ4v) is 3.03. The molecular formula is C20H18N4O3S. The highest BCUT2D eigenvalue weighted by atomic mass is 32.1. The van der Waals surface area contributed by atoms with Crippen molar-refractivity contribution in [3.05, 3.63) is 76.5 Å². The van der Waals surface area contributed by atoms with Gasteiger partial charge in [-0.15, -0.1) is 11.3 Å². The maximum absolute atomic E-state index is 12.5. The molecule has 0 unspecified atom stereocenters. The molecule has 7 nitrogen and oxygen atoms in total. The summed E-state index contributed by atoms with van der Waals surface area (Å²) in [6, 6.07) is 16.7. The number of anilines is 3. The monoisotopic (exact) mass is 394 g/mol. The van der Waals surface area contributed by atoms with Gasteiger partial charge >= 0.3 is 6.03 Å². The summed E-state index contributed by atoms with van der Waals surface area (Å²) >= 11 is 1.34. The molecule has 28 heavy (non-hydrogen) atoms. The van der Waals surface area contributed by atoms with Gasteiger partial charge in [0.25, 0.3) is 11.8 Å². The minimum atomic E-state index is -0.349. The van der Waals surface area contributed by atoms with Crippen molar-refractivity contribution in [3.8, 4) is 0 Å². The molecule has 0 radical (unpaired) electrons. The summed E-state index contributed by atoms with van der Waals surface area (Å²) in [5, 5.41) is 12.5. The quantitative estimate of drug-likeness (QED) is 0.526. The van der Waals surface area contributed by atoms with Crippen LogP contribution in [0.1, 0.15) is 20.0 Å². The van der Waals surface area contributed by atoms with Gasteiger partial charge in [-0.3, -0.25) is 9.59 Å². The van der Waals surface area contributed by atoms with E-state index in [0.717, 1.165) is 0 Å². The van der Waals surface area contributed by atoms with Crippen LogP contribution in [0.2, 0.25) is 0 Å². The predicted octanol–water partition coefficient (Wildman–Crippen LogP) is 4.00. The van der Waals surface area contributed by atoms with E-state index in [2.05, 4.69) is 21.3 Å². The van der Waals surface area contributed by atoms with Crippen LogP contribution in [0.15, 0.2) is 66.0 Å². The van der Waals surface area contributed by atoms with Gasteiger partial charge in [0.15, 0.2) is 0 Å². The van der Waals surface area contributed by atoms with Crippen molar-refractivity contribution in [2.45, 2.75) is 0 Å². The largest absolute Gasteiger partial charge is 0.341 e. The van der Waals surface area contributed by atoms with Gasteiger partial charge < -0.3 is 21.3 Å². The summed E-state index contributed by atoms with van der Waals surface area (Å²) in [4.78, 5) is 36.7. The lowest BCUT2D eigenvalue weighted by molar-refractivity contribution is 0.101. The Morgan fingerprint density at radius 3 is 2.07 bits per heavy atom. The fraction of sp³-hybridized carbons (Fsp3) is 0.0500. The van der Waals surface area contributed by atoms with Gasteiger partial charge in [0, 0.05) is 29.7 Å². The molecule has 0 fully saturated rings. The number of nitrogens with one attached hydrogen (secondary N) is 4. The molecule has 4 N–H and O–H groups in total. The molecule has 3 rings (SSSR count). The van der Waals surface area contributed by atoms with Gasteiger partial charge in [-0.1, -0.05) is 18.2 Å². The fourth-order valence-electron chi connectivity index (χ4n) is 2.41. The Balaban J connectivity index is 1.68. The Hall–Kier alpha value is -3.65. The standard InChI is InChI=1S/C20H18N4O3S/c1-21-20(27)24-16-8-3-7-15(12-16)22-18(25)13-5-2-6-14(11-13)23-19(26)17-9-4-10-28-17/h2-12H,1H3,(H,22,25)(H,23,26)(H2,21,24,27). The molecule has 0 saturated carbocycles.